The van der Waals surface area contributed by atoms with E-state index in [9.17, 15) is 0 Å². The Balaban J connectivity index is 1.47. The predicted octanol–water partition coefficient (Wildman–Crippen LogP) is 3.48. The molecule has 108 valence electrons. The SMILES string of the molecule is Cc1nc2ccccn2c1CNCc1cc2c(s1)CCC2. The molecule has 0 spiro atoms. The maximum atomic E-state index is 4.60. The third-order valence-corrected chi connectivity index (χ3v) is 5.46. The first-order valence-electron chi connectivity index (χ1n) is 7.55. The van der Waals surface area contributed by atoms with Gasteiger partial charge in [-0.25, -0.2) is 4.98 Å². The quantitative estimate of drug-likeness (QED) is 0.799. The zero-order valence-corrected chi connectivity index (χ0v) is 13.0. The van der Waals surface area contributed by atoms with Gasteiger partial charge in [-0.1, -0.05) is 6.07 Å². The molecule has 21 heavy (non-hydrogen) atoms. The summed E-state index contributed by atoms with van der Waals surface area (Å²) < 4.78 is 2.18. The van der Waals surface area contributed by atoms with E-state index in [1.54, 1.807) is 10.4 Å². The Hall–Kier alpha value is -1.65. The van der Waals surface area contributed by atoms with Crippen molar-refractivity contribution in [3.63, 3.8) is 0 Å². The van der Waals surface area contributed by atoms with Crippen molar-refractivity contribution >= 4 is 17.0 Å². The van der Waals surface area contributed by atoms with Crippen LogP contribution in [0.1, 0.15) is 33.1 Å². The second-order valence-corrected chi connectivity index (χ2v) is 6.91. The number of pyridine rings is 1. The van der Waals surface area contributed by atoms with Crippen LogP contribution in [0, 0.1) is 6.92 Å². The average Bonchev–Trinajstić information content (AvgIpc) is 3.12. The summed E-state index contributed by atoms with van der Waals surface area (Å²) in [6, 6.07) is 8.54. The minimum absolute atomic E-state index is 0.861. The maximum absolute atomic E-state index is 4.60. The van der Waals surface area contributed by atoms with E-state index in [1.165, 1.54) is 29.8 Å². The topological polar surface area (TPSA) is 29.3 Å². The highest BCUT2D eigenvalue weighted by Gasteiger charge is 2.14. The van der Waals surface area contributed by atoms with Crippen molar-refractivity contribution in [1.82, 2.24) is 14.7 Å². The largest absolute Gasteiger partial charge is 0.306 e. The second-order valence-electron chi connectivity index (χ2n) is 5.69. The number of nitrogens with zero attached hydrogens (tertiary/aromatic N) is 2. The molecule has 4 heteroatoms. The van der Waals surface area contributed by atoms with Gasteiger partial charge >= 0.3 is 0 Å². The normalized spacial score (nSPS) is 14.0. The zero-order valence-electron chi connectivity index (χ0n) is 12.2. The molecule has 0 unspecified atom stereocenters. The minimum atomic E-state index is 0.861. The van der Waals surface area contributed by atoms with Crippen LogP contribution in [0.5, 0.6) is 0 Å². The summed E-state index contributed by atoms with van der Waals surface area (Å²) in [5.41, 5.74) is 4.99. The van der Waals surface area contributed by atoms with Gasteiger partial charge < -0.3 is 9.72 Å². The van der Waals surface area contributed by atoms with Gasteiger partial charge in [0.1, 0.15) is 5.65 Å². The van der Waals surface area contributed by atoms with Crippen LogP contribution in [0.3, 0.4) is 0 Å². The van der Waals surface area contributed by atoms with Gasteiger partial charge in [-0.05, 0) is 49.9 Å². The lowest BCUT2D eigenvalue weighted by Gasteiger charge is -2.05. The van der Waals surface area contributed by atoms with Gasteiger partial charge in [-0.3, -0.25) is 0 Å². The summed E-state index contributed by atoms with van der Waals surface area (Å²) in [5, 5.41) is 3.58. The molecule has 0 saturated heterocycles. The van der Waals surface area contributed by atoms with E-state index in [-0.39, 0.29) is 0 Å². The Morgan fingerprint density at radius 1 is 1.29 bits per heavy atom. The van der Waals surface area contributed by atoms with Gasteiger partial charge in [-0.2, -0.15) is 0 Å². The van der Waals surface area contributed by atoms with Crippen molar-refractivity contribution in [2.24, 2.45) is 0 Å². The summed E-state index contributed by atoms with van der Waals surface area (Å²) >= 11 is 1.98. The van der Waals surface area contributed by atoms with E-state index >= 15 is 0 Å². The van der Waals surface area contributed by atoms with Crippen LogP contribution < -0.4 is 5.32 Å². The molecule has 0 saturated carbocycles. The van der Waals surface area contributed by atoms with E-state index in [4.69, 9.17) is 0 Å². The van der Waals surface area contributed by atoms with Crippen LogP contribution in [0.4, 0.5) is 0 Å². The highest BCUT2D eigenvalue weighted by atomic mass is 32.1. The van der Waals surface area contributed by atoms with Gasteiger partial charge in [0, 0.05) is 29.0 Å². The highest BCUT2D eigenvalue weighted by molar-refractivity contribution is 7.12. The molecule has 1 aliphatic carbocycles. The number of aryl methyl sites for hydroxylation is 3. The third kappa shape index (κ3) is 2.39. The first kappa shape index (κ1) is 13.0. The molecule has 0 atom stereocenters. The summed E-state index contributed by atoms with van der Waals surface area (Å²) in [5.74, 6) is 0. The van der Waals surface area contributed by atoms with Crippen molar-refractivity contribution < 1.29 is 0 Å². The molecule has 0 fully saturated rings. The molecule has 1 N–H and O–H groups in total. The van der Waals surface area contributed by atoms with Crippen LogP contribution in [0.25, 0.3) is 5.65 Å². The smallest absolute Gasteiger partial charge is 0.137 e. The number of nitrogens with one attached hydrogen (secondary N) is 1. The van der Waals surface area contributed by atoms with E-state index in [1.807, 2.05) is 17.4 Å². The van der Waals surface area contributed by atoms with E-state index in [2.05, 4.69) is 46.0 Å². The Bertz CT molecular complexity index is 763. The predicted molar refractivity (Wildman–Crippen MR) is 86.8 cm³/mol. The van der Waals surface area contributed by atoms with E-state index in [0.717, 1.165) is 24.4 Å². The van der Waals surface area contributed by atoms with Crippen molar-refractivity contribution in [3.8, 4) is 0 Å². The number of imidazole rings is 1. The number of thiophene rings is 1. The summed E-state index contributed by atoms with van der Waals surface area (Å²) in [4.78, 5) is 7.68. The zero-order chi connectivity index (χ0) is 14.2. The fraction of sp³-hybridized carbons (Fsp3) is 0.353. The monoisotopic (exact) mass is 297 g/mol. The Morgan fingerprint density at radius 3 is 3.14 bits per heavy atom. The molecule has 3 nitrogen and oxygen atoms in total. The van der Waals surface area contributed by atoms with Gasteiger partial charge in [-0.15, -0.1) is 11.3 Å². The van der Waals surface area contributed by atoms with Crippen LogP contribution in [-0.4, -0.2) is 9.38 Å². The Labute approximate surface area is 128 Å². The molecule has 0 amide bonds. The molecule has 0 radical (unpaired) electrons. The first-order valence-corrected chi connectivity index (χ1v) is 8.36. The van der Waals surface area contributed by atoms with Crippen molar-refractivity contribution in [2.45, 2.75) is 39.3 Å². The van der Waals surface area contributed by atoms with Gasteiger partial charge in [0.05, 0.1) is 11.4 Å². The van der Waals surface area contributed by atoms with Crippen molar-refractivity contribution in [2.75, 3.05) is 0 Å². The lowest BCUT2D eigenvalue weighted by Crippen LogP contribution is -2.14. The summed E-state index contributed by atoms with van der Waals surface area (Å²) in [7, 11) is 0. The fourth-order valence-electron chi connectivity index (χ4n) is 3.16. The van der Waals surface area contributed by atoms with Crippen LogP contribution in [0.2, 0.25) is 0 Å². The molecule has 1 aliphatic rings. The lowest BCUT2D eigenvalue weighted by atomic mass is 10.2. The number of hydrogen-bond donors (Lipinski definition) is 1. The fourth-order valence-corrected chi connectivity index (χ4v) is 4.39. The number of aromatic nitrogens is 2. The Morgan fingerprint density at radius 2 is 2.24 bits per heavy atom. The Kier molecular flexibility index (Phi) is 3.28. The number of rotatable bonds is 4. The van der Waals surface area contributed by atoms with E-state index in [0.29, 0.717) is 0 Å². The molecular weight excluding hydrogens is 278 g/mol. The van der Waals surface area contributed by atoms with Crippen molar-refractivity contribution in [1.29, 1.82) is 0 Å². The molecule has 0 aliphatic heterocycles. The second kappa shape index (κ2) is 5.28. The van der Waals surface area contributed by atoms with Gasteiger partial charge in [0.15, 0.2) is 0 Å². The first-order chi connectivity index (χ1) is 10.3. The summed E-state index contributed by atoms with van der Waals surface area (Å²) in [6.45, 7) is 3.90. The van der Waals surface area contributed by atoms with Gasteiger partial charge in [0.2, 0.25) is 0 Å². The average molecular weight is 297 g/mol. The van der Waals surface area contributed by atoms with E-state index < -0.39 is 0 Å². The van der Waals surface area contributed by atoms with Crippen LogP contribution in [0.15, 0.2) is 30.5 Å². The molecule has 3 aromatic rings. The molecule has 3 aromatic heterocycles. The lowest BCUT2D eigenvalue weighted by molar-refractivity contribution is 0.678. The summed E-state index contributed by atoms with van der Waals surface area (Å²) in [6.07, 6.45) is 5.99. The number of fused-ring (bicyclic) bond motifs is 2. The van der Waals surface area contributed by atoms with Crippen molar-refractivity contribution in [3.05, 3.63) is 57.2 Å². The van der Waals surface area contributed by atoms with Crippen LogP contribution in [-0.2, 0) is 25.9 Å². The molecule has 3 heterocycles. The number of hydrogen-bond acceptors (Lipinski definition) is 3. The van der Waals surface area contributed by atoms with Gasteiger partial charge in [0.25, 0.3) is 0 Å². The minimum Gasteiger partial charge on any atom is -0.306 e. The molecule has 0 aromatic carbocycles. The van der Waals surface area contributed by atoms with Crippen LogP contribution >= 0.6 is 11.3 Å². The molecule has 4 rings (SSSR count). The molecular formula is C17H19N3S. The standard InChI is InChI=1S/C17H19N3S/c1-12-15(20-8-3-2-7-17(20)19-12)11-18-10-14-9-13-5-4-6-16(13)21-14/h2-3,7-9,18H,4-6,10-11H2,1H3. The highest BCUT2D eigenvalue weighted by Crippen LogP contribution is 2.30. The maximum Gasteiger partial charge on any atom is 0.137 e. The molecule has 0 bridgehead atoms. The third-order valence-electron chi connectivity index (χ3n) is 4.22.